The van der Waals surface area contributed by atoms with Crippen LogP contribution < -0.4 is 0 Å². The Morgan fingerprint density at radius 3 is 2.65 bits per heavy atom. The number of aryl methyl sites for hydroxylation is 1. The fraction of sp³-hybridized carbons (Fsp3) is 0.533. The maximum atomic E-state index is 12.4. The second kappa shape index (κ2) is 6.49. The third kappa shape index (κ3) is 3.14. The zero-order valence-corrected chi connectivity index (χ0v) is 12.0. The molecule has 1 saturated heterocycles. The molecule has 1 unspecified atom stereocenters. The molecular formula is C15H20N4O. The van der Waals surface area contributed by atoms with Crippen LogP contribution in [0.25, 0.3) is 0 Å². The molecule has 5 nitrogen and oxygen atoms in total. The van der Waals surface area contributed by atoms with Gasteiger partial charge in [-0.05, 0) is 25.0 Å². The zero-order chi connectivity index (χ0) is 14.5. The topological polar surface area (TPSA) is 60.2 Å². The first-order chi connectivity index (χ1) is 9.65. The van der Waals surface area contributed by atoms with E-state index in [1.807, 2.05) is 24.8 Å². The van der Waals surface area contributed by atoms with Gasteiger partial charge in [-0.15, -0.1) is 0 Å². The number of carbonyl (C=O) groups is 1. The number of amides is 1. The molecule has 5 heteroatoms. The van der Waals surface area contributed by atoms with Gasteiger partial charge in [0.25, 0.3) is 5.91 Å². The Bertz CT molecular complexity index is 515. The van der Waals surface area contributed by atoms with Crippen molar-refractivity contribution < 1.29 is 4.79 Å². The van der Waals surface area contributed by atoms with Crippen LogP contribution in [0.3, 0.4) is 0 Å². The van der Waals surface area contributed by atoms with Gasteiger partial charge in [-0.1, -0.05) is 6.92 Å². The van der Waals surface area contributed by atoms with Crippen molar-refractivity contribution in [3.05, 3.63) is 29.6 Å². The summed E-state index contributed by atoms with van der Waals surface area (Å²) in [6.07, 6.45) is 4.19. The molecule has 1 atom stereocenters. The number of hydrogen-bond acceptors (Lipinski definition) is 4. The van der Waals surface area contributed by atoms with Crippen molar-refractivity contribution in [2.24, 2.45) is 0 Å². The summed E-state index contributed by atoms with van der Waals surface area (Å²) in [7, 11) is 0. The summed E-state index contributed by atoms with van der Waals surface area (Å²) in [5, 5.41) is 9.08. The lowest BCUT2D eigenvalue weighted by Gasteiger charge is -2.36. The minimum Gasteiger partial charge on any atom is -0.336 e. The first-order valence-electron chi connectivity index (χ1n) is 7.00. The van der Waals surface area contributed by atoms with Crippen LogP contribution in [0.4, 0.5) is 0 Å². The number of hydrogen-bond donors (Lipinski definition) is 0. The van der Waals surface area contributed by atoms with Gasteiger partial charge >= 0.3 is 0 Å². The van der Waals surface area contributed by atoms with E-state index in [0.29, 0.717) is 18.7 Å². The molecule has 2 rings (SSSR count). The van der Waals surface area contributed by atoms with Crippen LogP contribution in [-0.4, -0.2) is 52.9 Å². The molecule has 1 aliphatic rings. The van der Waals surface area contributed by atoms with Crippen LogP contribution in [0.15, 0.2) is 18.5 Å². The first-order valence-corrected chi connectivity index (χ1v) is 7.00. The molecule has 106 valence electrons. The highest BCUT2D eigenvalue weighted by Gasteiger charge is 2.25. The Morgan fingerprint density at radius 2 is 2.10 bits per heavy atom. The van der Waals surface area contributed by atoms with E-state index in [1.165, 1.54) is 0 Å². The number of carbonyl (C=O) groups excluding carboxylic acids is 1. The second-order valence-corrected chi connectivity index (χ2v) is 5.13. The fourth-order valence-electron chi connectivity index (χ4n) is 2.52. The number of piperazine rings is 1. The zero-order valence-electron chi connectivity index (χ0n) is 12.0. The second-order valence-electron chi connectivity index (χ2n) is 5.13. The van der Waals surface area contributed by atoms with Gasteiger partial charge < -0.3 is 4.90 Å². The summed E-state index contributed by atoms with van der Waals surface area (Å²) in [5.74, 6) is 0.0332. The standard InChI is InChI=1S/C15H20N4O/c1-3-14(9-16)18-4-6-19(7-5-18)15(20)13-8-12(2)10-17-11-13/h8,10-11,14H,3-7H2,1-2H3. The molecule has 0 spiro atoms. The lowest BCUT2D eigenvalue weighted by Crippen LogP contribution is -2.51. The lowest BCUT2D eigenvalue weighted by atomic mass is 10.1. The van der Waals surface area contributed by atoms with Gasteiger partial charge in [0, 0.05) is 38.6 Å². The minimum absolute atomic E-state index is 0.0332. The average Bonchev–Trinajstić information content (AvgIpc) is 2.48. The van der Waals surface area contributed by atoms with Crippen molar-refractivity contribution in [3.63, 3.8) is 0 Å². The van der Waals surface area contributed by atoms with Crippen LogP contribution in [0.2, 0.25) is 0 Å². The number of nitrogens with zero attached hydrogens (tertiary/aromatic N) is 4. The number of nitriles is 1. The summed E-state index contributed by atoms with van der Waals surface area (Å²) in [6, 6.07) is 4.15. The Labute approximate surface area is 119 Å². The fourth-order valence-corrected chi connectivity index (χ4v) is 2.52. The van der Waals surface area contributed by atoms with Crippen LogP contribution in [0, 0.1) is 18.3 Å². The largest absolute Gasteiger partial charge is 0.336 e. The maximum Gasteiger partial charge on any atom is 0.255 e. The number of pyridine rings is 1. The highest BCUT2D eigenvalue weighted by atomic mass is 16.2. The van der Waals surface area contributed by atoms with Gasteiger partial charge in [-0.2, -0.15) is 5.26 Å². The van der Waals surface area contributed by atoms with E-state index in [2.05, 4.69) is 16.0 Å². The van der Waals surface area contributed by atoms with Gasteiger partial charge in [0.1, 0.15) is 0 Å². The normalized spacial score (nSPS) is 17.6. The summed E-state index contributed by atoms with van der Waals surface area (Å²) in [5.41, 5.74) is 1.63. The van der Waals surface area contributed by atoms with E-state index < -0.39 is 0 Å². The molecule has 0 radical (unpaired) electrons. The smallest absolute Gasteiger partial charge is 0.255 e. The summed E-state index contributed by atoms with van der Waals surface area (Å²) in [6.45, 7) is 6.81. The lowest BCUT2D eigenvalue weighted by molar-refractivity contribution is 0.0604. The molecule has 0 aromatic carbocycles. The summed E-state index contributed by atoms with van der Waals surface area (Å²) >= 11 is 0. The van der Waals surface area contributed by atoms with Gasteiger partial charge in [-0.25, -0.2) is 0 Å². The Hall–Kier alpha value is -1.93. The third-order valence-corrected chi connectivity index (χ3v) is 3.70. The van der Waals surface area contributed by atoms with Gasteiger partial charge in [-0.3, -0.25) is 14.7 Å². The van der Waals surface area contributed by atoms with E-state index in [-0.39, 0.29) is 11.9 Å². The van der Waals surface area contributed by atoms with Crippen molar-refractivity contribution in [1.82, 2.24) is 14.8 Å². The highest BCUT2D eigenvalue weighted by molar-refractivity contribution is 5.94. The molecular weight excluding hydrogens is 252 g/mol. The molecule has 1 aromatic heterocycles. The minimum atomic E-state index is -0.0344. The van der Waals surface area contributed by atoms with E-state index >= 15 is 0 Å². The molecule has 1 amide bonds. The van der Waals surface area contributed by atoms with E-state index in [0.717, 1.165) is 25.1 Å². The molecule has 1 aliphatic heterocycles. The van der Waals surface area contributed by atoms with E-state index in [1.54, 1.807) is 12.4 Å². The van der Waals surface area contributed by atoms with Gasteiger partial charge in [0.15, 0.2) is 0 Å². The van der Waals surface area contributed by atoms with Crippen LogP contribution in [0.5, 0.6) is 0 Å². The Morgan fingerprint density at radius 1 is 1.40 bits per heavy atom. The van der Waals surface area contributed by atoms with Crippen LogP contribution in [-0.2, 0) is 0 Å². The molecule has 20 heavy (non-hydrogen) atoms. The highest BCUT2D eigenvalue weighted by Crippen LogP contribution is 2.12. The molecule has 0 bridgehead atoms. The quantitative estimate of drug-likeness (QED) is 0.835. The first kappa shape index (κ1) is 14.5. The van der Waals surface area contributed by atoms with E-state index in [4.69, 9.17) is 5.26 Å². The molecule has 1 aromatic rings. The van der Waals surface area contributed by atoms with Crippen molar-refractivity contribution in [2.45, 2.75) is 26.3 Å². The predicted molar refractivity (Wildman–Crippen MR) is 76.1 cm³/mol. The third-order valence-electron chi connectivity index (χ3n) is 3.70. The average molecular weight is 272 g/mol. The van der Waals surface area contributed by atoms with Crippen molar-refractivity contribution in [2.75, 3.05) is 26.2 Å². The Kier molecular flexibility index (Phi) is 4.70. The predicted octanol–water partition coefficient (Wildman–Crippen LogP) is 1.45. The van der Waals surface area contributed by atoms with Gasteiger partial charge in [0.05, 0.1) is 17.7 Å². The SMILES string of the molecule is CCC(C#N)N1CCN(C(=O)c2cncc(C)c2)CC1. The molecule has 0 N–H and O–H groups in total. The van der Waals surface area contributed by atoms with Crippen LogP contribution in [0.1, 0.15) is 29.3 Å². The summed E-state index contributed by atoms with van der Waals surface area (Å²) < 4.78 is 0. The number of aromatic nitrogens is 1. The molecule has 0 aliphatic carbocycles. The van der Waals surface area contributed by atoms with Crippen molar-refractivity contribution in [1.29, 1.82) is 5.26 Å². The van der Waals surface area contributed by atoms with Crippen LogP contribution >= 0.6 is 0 Å². The maximum absolute atomic E-state index is 12.4. The molecule has 0 saturated carbocycles. The van der Waals surface area contributed by atoms with Crippen molar-refractivity contribution in [3.8, 4) is 6.07 Å². The Balaban J connectivity index is 1.97. The van der Waals surface area contributed by atoms with E-state index in [9.17, 15) is 4.79 Å². The van der Waals surface area contributed by atoms with Gasteiger partial charge in [0.2, 0.25) is 0 Å². The monoisotopic (exact) mass is 272 g/mol. The summed E-state index contributed by atoms with van der Waals surface area (Å²) in [4.78, 5) is 20.4. The van der Waals surface area contributed by atoms with Crippen molar-refractivity contribution >= 4 is 5.91 Å². The molecule has 1 fully saturated rings. The number of rotatable bonds is 3. The molecule has 2 heterocycles.